The zero-order chi connectivity index (χ0) is 13.1. The molecule has 0 aliphatic heterocycles. The van der Waals surface area contributed by atoms with Gasteiger partial charge in [-0.2, -0.15) is 0 Å². The van der Waals surface area contributed by atoms with Gasteiger partial charge in [-0.15, -0.1) is 0 Å². The molecule has 0 amide bonds. The Labute approximate surface area is 112 Å². The summed E-state index contributed by atoms with van der Waals surface area (Å²) in [7, 11) is 0. The van der Waals surface area contributed by atoms with Crippen LogP contribution in [0.1, 0.15) is 15.9 Å². The Hall–Kier alpha value is -1.95. The molecule has 18 heavy (non-hydrogen) atoms. The van der Waals surface area contributed by atoms with E-state index >= 15 is 0 Å². The Bertz CT molecular complexity index is 602. The molecule has 1 aromatic carbocycles. The molecule has 1 aromatic heterocycles. The molecule has 2 rings (SSSR count). The Kier molecular flexibility index (Phi) is 3.57. The van der Waals surface area contributed by atoms with E-state index in [-0.39, 0.29) is 5.56 Å². The van der Waals surface area contributed by atoms with Crippen LogP contribution in [-0.2, 0) is 0 Å². The molecule has 0 saturated heterocycles. The van der Waals surface area contributed by atoms with Crippen molar-refractivity contribution in [3.63, 3.8) is 0 Å². The van der Waals surface area contributed by atoms with E-state index in [2.05, 4.69) is 25.9 Å². The maximum absolute atomic E-state index is 10.8. The number of aromatic nitrogens is 2. The number of benzene rings is 1. The second kappa shape index (κ2) is 5.14. The molecule has 92 valence electrons. The highest BCUT2D eigenvalue weighted by atomic mass is 79.9. The lowest BCUT2D eigenvalue weighted by Crippen LogP contribution is -1.98. The van der Waals surface area contributed by atoms with Gasteiger partial charge in [0.2, 0.25) is 5.88 Å². The highest BCUT2D eigenvalue weighted by molar-refractivity contribution is 9.10. The predicted molar refractivity (Wildman–Crippen MR) is 67.9 cm³/mol. The topological polar surface area (TPSA) is 72.3 Å². The molecule has 0 aliphatic carbocycles. The number of rotatable bonds is 3. The van der Waals surface area contributed by atoms with E-state index in [1.165, 1.54) is 12.4 Å². The molecule has 0 saturated carbocycles. The SMILES string of the molecule is Cc1cc(C(=O)O)ccc1Oc1ncncc1Br. The van der Waals surface area contributed by atoms with Gasteiger partial charge in [0.1, 0.15) is 12.1 Å². The average Bonchev–Trinajstić information content (AvgIpc) is 2.34. The third-order valence-electron chi connectivity index (χ3n) is 2.26. The van der Waals surface area contributed by atoms with Crippen LogP contribution in [0.15, 0.2) is 35.2 Å². The molecule has 1 heterocycles. The van der Waals surface area contributed by atoms with Crippen molar-refractivity contribution >= 4 is 21.9 Å². The number of carbonyl (C=O) groups is 1. The minimum absolute atomic E-state index is 0.224. The number of carboxylic acids is 1. The average molecular weight is 309 g/mol. The van der Waals surface area contributed by atoms with Gasteiger partial charge < -0.3 is 9.84 Å². The first-order valence-corrected chi connectivity index (χ1v) is 5.84. The van der Waals surface area contributed by atoms with Crippen LogP contribution in [0.25, 0.3) is 0 Å². The standard InChI is InChI=1S/C12H9BrN2O3/c1-7-4-8(12(16)17)2-3-10(7)18-11-9(13)5-14-6-15-11/h2-6H,1H3,(H,16,17). The number of aryl methyl sites for hydroxylation is 1. The number of aromatic carboxylic acids is 1. The number of ether oxygens (including phenoxy) is 1. The van der Waals surface area contributed by atoms with E-state index in [9.17, 15) is 4.79 Å². The van der Waals surface area contributed by atoms with Crippen molar-refractivity contribution in [2.45, 2.75) is 6.92 Å². The first-order valence-electron chi connectivity index (χ1n) is 5.05. The summed E-state index contributed by atoms with van der Waals surface area (Å²) in [6.45, 7) is 1.77. The summed E-state index contributed by atoms with van der Waals surface area (Å²) in [5.74, 6) is -0.0246. The minimum atomic E-state index is -0.965. The second-order valence-electron chi connectivity index (χ2n) is 3.56. The van der Waals surface area contributed by atoms with Crippen LogP contribution in [0.2, 0.25) is 0 Å². The van der Waals surface area contributed by atoms with Crippen LogP contribution in [0.4, 0.5) is 0 Å². The van der Waals surface area contributed by atoms with Crippen LogP contribution in [-0.4, -0.2) is 21.0 Å². The van der Waals surface area contributed by atoms with Gasteiger partial charge in [-0.05, 0) is 46.6 Å². The lowest BCUT2D eigenvalue weighted by atomic mass is 10.1. The van der Waals surface area contributed by atoms with E-state index in [0.717, 1.165) is 5.56 Å². The quantitative estimate of drug-likeness (QED) is 0.943. The Morgan fingerprint density at radius 2 is 2.22 bits per heavy atom. The van der Waals surface area contributed by atoms with Gasteiger partial charge in [0, 0.05) is 6.20 Å². The summed E-state index contributed by atoms with van der Waals surface area (Å²) < 4.78 is 6.21. The molecule has 0 bridgehead atoms. The fourth-order valence-corrected chi connectivity index (χ4v) is 1.68. The molecule has 0 unspecified atom stereocenters. The first-order chi connectivity index (χ1) is 8.58. The van der Waals surface area contributed by atoms with Crippen molar-refractivity contribution < 1.29 is 14.6 Å². The number of carboxylic acid groups (broad SMARTS) is 1. The predicted octanol–water partition coefficient (Wildman–Crippen LogP) is 3.04. The largest absolute Gasteiger partial charge is 0.478 e. The third-order valence-corrected chi connectivity index (χ3v) is 2.81. The van der Waals surface area contributed by atoms with E-state index in [4.69, 9.17) is 9.84 Å². The highest BCUT2D eigenvalue weighted by Gasteiger charge is 2.09. The lowest BCUT2D eigenvalue weighted by Gasteiger charge is -2.09. The monoisotopic (exact) mass is 308 g/mol. The van der Waals surface area contributed by atoms with Crippen LogP contribution in [0, 0.1) is 6.92 Å². The second-order valence-corrected chi connectivity index (χ2v) is 4.42. The van der Waals surface area contributed by atoms with Gasteiger partial charge in [-0.25, -0.2) is 14.8 Å². The molecule has 0 radical (unpaired) electrons. The molecule has 0 aliphatic rings. The molecule has 0 atom stereocenters. The van der Waals surface area contributed by atoms with Crippen molar-refractivity contribution in [2.24, 2.45) is 0 Å². The van der Waals surface area contributed by atoms with Crippen molar-refractivity contribution in [3.05, 3.63) is 46.3 Å². The highest BCUT2D eigenvalue weighted by Crippen LogP contribution is 2.28. The smallest absolute Gasteiger partial charge is 0.335 e. The van der Waals surface area contributed by atoms with Crippen molar-refractivity contribution in [1.29, 1.82) is 0 Å². The third kappa shape index (κ3) is 2.65. The molecule has 0 spiro atoms. The van der Waals surface area contributed by atoms with Crippen molar-refractivity contribution in [1.82, 2.24) is 9.97 Å². The van der Waals surface area contributed by atoms with Crippen LogP contribution in [0.3, 0.4) is 0 Å². The summed E-state index contributed by atoms with van der Waals surface area (Å²) in [4.78, 5) is 18.6. The maximum atomic E-state index is 10.8. The summed E-state index contributed by atoms with van der Waals surface area (Å²) in [5.41, 5.74) is 0.946. The van der Waals surface area contributed by atoms with E-state index in [1.54, 1.807) is 25.3 Å². The van der Waals surface area contributed by atoms with Gasteiger partial charge in [-0.1, -0.05) is 0 Å². The van der Waals surface area contributed by atoms with E-state index < -0.39 is 5.97 Å². The number of hydrogen-bond acceptors (Lipinski definition) is 4. The van der Waals surface area contributed by atoms with Gasteiger partial charge in [0.15, 0.2) is 0 Å². The van der Waals surface area contributed by atoms with Gasteiger partial charge in [0.05, 0.1) is 10.0 Å². The Balaban J connectivity index is 2.30. The minimum Gasteiger partial charge on any atom is -0.478 e. The summed E-state index contributed by atoms with van der Waals surface area (Å²) in [6.07, 6.45) is 2.95. The molecule has 0 fully saturated rings. The molecule has 5 nitrogen and oxygen atoms in total. The molecule has 2 aromatic rings. The van der Waals surface area contributed by atoms with Crippen LogP contribution >= 0.6 is 15.9 Å². The van der Waals surface area contributed by atoms with E-state index in [0.29, 0.717) is 16.1 Å². The number of hydrogen-bond donors (Lipinski definition) is 1. The molecular weight excluding hydrogens is 300 g/mol. The lowest BCUT2D eigenvalue weighted by molar-refractivity contribution is 0.0697. The zero-order valence-electron chi connectivity index (χ0n) is 9.42. The van der Waals surface area contributed by atoms with Crippen LogP contribution < -0.4 is 4.74 Å². The van der Waals surface area contributed by atoms with Crippen molar-refractivity contribution in [2.75, 3.05) is 0 Å². The van der Waals surface area contributed by atoms with Gasteiger partial charge in [0.25, 0.3) is 0 Å². The Morgan fingerprint density at radius 3 is 2.83 bits per heavy atom. The molecule has 6 heteroatoms. The summed E-state index contributed by atoms with van der Waals surface area (Å²) in [5, 5.41) is 8.87. The van der Waals surface area contributed by atoms with Crippen molar-refractivity contribution in [3.8, 4) is 11.6 Å². The van der Waals surface area contributed by atoms with Gasteiger partial charge in [-0.3, -0.25) is 0 Å². The molecular formula is C12H9BrN2O3. The normalized spacial score (nSPS) is 10.1. The fourth-order valence-electron chi connectivity index (χ4n) is 1.38. The number of halogens is 1. The summed E-state index contributed by atoms with van der Waals surface area (Å²) in [6, 6.07) is 4.64. The number of nitrogens with zero attached hydrogens (tertiary/aromatic N) is 2. The van der Waals surface area contributed by atoms with Crippen LogP contribution in [0.5, 0.6) is 11.6 Å². The Morgan fingerprint density at radius 1 is 1.44 bits per heavy atom. The molecule has 1 N–H and O–H groups in total. The van der Waals surface area contributed by atoms with Gasteiger partial charge >= 0.3 is 5.97 Å². The fraction of sp³-hybridized carbons (Fsp3) is 0.0833. The summed E-state index contributed by atoms with van der Waals surface area (Å²) >= 11 is 3.27. The first kappa shape index (κ1) is 12.5. The maximum Gasteiger partial charge on any atom is 0.335 e. The van der Waals surface area contributed by atoms with E-state index in [1.807, 2.05) is 0 Å². The zero-order valence-corrected chi connectivity index (χ0v) is 11.0.